The van der Waals surface area contributed by atoms with E-state index in [1.54, 1.807) is 30.1 Å². The number of likely N-dealkylation sites (N-methyl/N-ethyl adjacent to an activating group) is 1. The van der Waals surface area contributed by atoms with Crippen LogP contribution in [0, 0.1) is 0 Å². The Morgan fingerprint density at radius 2 is 2.17 bits per heavy atom. The molecule has 5 heteroatoms. The fourth-order valence-electron chi connectivity index (χ4n) is 1.62. The summed E-state index contributed by atoms with van der Waals surface area (Å²) >= 11 is 5.90. The molecule has 0 radical (unpaired) electrons. The van der Waals surface area contributed by atoms with Crippen LogP contribution in [0.3, 0.4) is 0 Å². The van der Waals surface area contributed by atoms with Crippen molar-refractivity contribution in [3.63, 3.8) is 0 Å². The number of hydrogen-bond donors (Lipinski definition) is 1. The highest BCUT2D eigenvalue weighted by molar-refractivity contribution is 6.31. The summed E-state index contributed by atoms with van der Waals surface area (Å²) in [6, 6.07) is 5.06. The number of nitrogens with zero attached hydrogens (tertiary/aromatic N) is 1. The van der Waals surface area contributed by atoms with Gasteiger partial charge in [-0.3, -0.25) is 9.59 Å². The highest BCUT2D eigenvalue weighted by atomic mass is 35.5. The zero-order valence-corrected chi connectivity index (χ0v) is 11.5. The largest absolute Gasteiger partial charge is 0.365 e. The number of nitrogens with one attached hydrogen (secondary N) is 1. The maximum absolute atomic E-state index is 11.6. The van der Waals surface area contributed by atoms with E-state index in [0.717, 1.165) is 6.29 Å². The van der Waals surface area contributed by atoms with Crippen molar-refractivity contribution >= 4 is 29.5 Å². The van der Waals surface area contributed by atoms with Gasteiger partial charge in [-0.15, -0.1) is 0 Å². The van der Waals surface area contributed by atoms with E-state index in [2.05, 4.69) is 5.32 Å². The van der Waals surface area contributed by atoms with Crippen LogP contribution in [0.25, 0.3) is 0 Å². The summed E-state index contributed by atoms with van der Waals surface area (Å²) in [6.45, 7) is 3.97. The molecule has 0 bridgehead atoms. The normalized spacial score (nSPS) is 10.3. The van der Waals surface area contributed by atoms with Crippen LogP contribution in [-0.4, -0.2) is 31.8 Å². The van der Waals surface area contributed by atoms with Crippen LogP contribution < -0.4 is 10.2 Å². The molecule has 0 aliphatic carbocycles. The quantitative estimate of drug-likeness (QED) is 0.832. The summed E-state index contributed by atoms with van der Waals surface area (Å²) in [5, 5.41) is 3.33. The molecule has 0 unspecified atom stereocenters. The maximum atomic E-state index is 11.6. The summed E-state index contributed by atoms with van der Waals surface area (Å²) < 4.78 is 0. The number of amides is 1. The minimum Gasteiger partial charge on any atom is -0.365 e. The predicted molar refractivity (Wildman–Crippen MR) is 73.4 cm³/mol. The van der Waals surface area contributed by atoms with E-state index in [4.69, 9.17) is 11.6 Å². The zero-order valence-electron chi connectivity index (χ0n) is 10.7. The predicted octanol–water partition coefficient (Wildman–Crippen LogP) is 2.11. The number of anilines is 1. The molecular formula is C13H17ClN2O2. The number of carbonyl (C=O) groups is 2. The van der Waals surface area contributed by atoms with Gasteiger partial charge < -0.3 is 10.2 Å². The Kier molecular flexibility index (Phi) is 5.16. The monoisotopic (exact) mass is 268 g/mol. The van der Waals surface area contributed by atoms with Gasteiger partial charge in [0, 0.05) is 29.4 Å². The second-order valence-electron chi connectivity index (χ2n) is 4.40. The smallest absolute Gasteiger partial charge is 0.239 e. The SMILES string of the molecule is CC(C)NC(=O)CN(C)c1cc(Cl)ccc1C=O. The number of hydrogen-bond acceptors (Lipinski definition) is 3. The van der Waals surface area contributed by atoms with Crippen LogP contribution >= 0.6 is 11.6 Å². The van der Waals surface area contributed by atoms with Crippen molar-refractivity contribution in [1.29, 1.82) is 0 Å². The van der Waals surface area contributed by atoms with Crippen LogP contribution in [0.2, 0.25) is 5.02 Å². The van der Waals surface area contributed by atoms with Gasteiger partial charge in [0.2, 0.25) is 5.91 Å². The molecule has 0 aliphatic rings. The van der Waals surface area contributed by atoms with Gasteiger partial charge in [-0.1, -0.05) is 11.6 Å². The van der Waals surface area contributed by atoms with Gasteiger partial charge in [0.05, 0.1) is 6.54 Å². The van der Waals surface area contributed by atoms with Crippen molar-refractivity contribution < 1.29 is 9.59 Å². The molecule has 1 rings (SSSR count). The highest BCUT2D eigenvalue weighted by Gasteiger charge is 2.12. The second kappa shape index (κ2) is 6.40. The molecule has 1 aromatic rings. The Morgan fingerprint density at radius 1 is 1.50 bits per heavy atom. The second-order valence-corrected chi connectivity index (χ2v) is 4.84. The van der Waals surface area contributed by atoms with Crippen molar-refractivity contribution in [3.05, 3.63) is 28.8 Å². The average Bonchev–Trinajstić information content (AvgIpc) is 2.27. The molecule has 18 heavy (non-hydrogen) atoms. The third-order valence-corrected chi connectivity index (χ3v) is 2.60. The summed E-state index contributed by atoms with van der Waals surface area (Å²) in [4.78, 5) is 24.3. The Hall–Kier alpha value is -1.55. The van der Waals surface area contributed by atoms with Gasteiger partial charge >= 0.3 is 0 Å². The molecule has 0 spiro atoms. The minimum absolute atomic E-state index is 0.0932. The summed E-state index contributed by atoms with van der Waals surface area (Å²) in [7, 11) is 1.75. The molecule has 1 amide bonds. The van der Waals surface area contributed by atoms with Gasteiger partial charge in [-0.05, 0) is 32.0 Å². The maximum Gasteiger partial charge on any atom is 0.239 e. The van der Waals surface area contributed by atoms with Crippen molar-refractivity contribution in [2.75, 3.05) is 18.5 Å². The number of halogens is 1. The van der Waals surface area contributed by atoms with Gasteiger partial charge in [0.25, 0.3) is 0 Å². The van der Waals surface area contributed by atoms with E-state index in [1.807, 2.05) is 13.8 Å². The van der Waals surface area contributed by atoms with Crippen molar-refractivity contribution in [2.45, 2.75) is 19.9 Å². The molecule has 0 aromatic heterocycles. The van der Waals surface area contributed by atoms with Crippen molar-refractivity contribution in [2.24, 2.45) is 0 Å². The molecule has 4 nitrogen and oxygen atoms in total. The Bertz CT molecular complexity index is 447. The number of aldehydes is 1. The van der Waals surface area contributed by atoms with E-state index in [0.29, 0.717) is 16.3 Å². The summed E-state index contributed by atoms with van der Waals surface area (Å²) in [5.74, 6) is -0.0932. The first-order valence-electron chi connectivity index (χ1n) is 5.69. The Labute approximate surface area is 112 Å². The zero-order chi connectivity index (χ0) is 13.7. The topological polar surface area (TPSA) is 49.4 Å². The third kappa shape index (κ3) is 4.04. The van der Waals surface area contributed by atoms with E-state index >= 15 is 0 Å². The summed E-state index contributed by atoms with van der Waals surface area (Å²) in [5.41, 5.74) is 1.16. The van der Waals surface area contributed by atoms with Crippen molar-refractivity contribution in [1.82, 2.24) is 5.32 Å². The van der Waals surface area contributed by atoms with E-state index < -0.39 is 0 Å². The molecule has 1 N–H and O–H groups in total. The molecule has 1 aromatic carbocycles. The summed E-state index contributed by atoms with van der Waals surface area (Å²) in [6.07, 6.45) is 0.752. The minimum atomic E-state index is -0.0932. The average molecular weight is 269 g/mol. The lowest BCUT2D eigenvalue weighted by atomic mass is 10.2. The molecular weight excluding hydrogens is 252 g/mol. The number of rotatable bonds is 5. The molecule has 0 aliphatic heterocycles. The first kappa shape index (κ1) is 14.5. The molecule has 98 valence electrons. The Morgan fingerprint density at radius 3 is 2.72 bits per heavy atom. The molecule has 0 fully saturated rings. The van der Waals surface area contributed by atoms with Crippen LogP contribution in [0.15, 0.2) is 18.2 Å². The fraction of sp³-hybridized carbons (Fsp3) is 0.385. The lowest BCUT2D eigenvalue weighted by Crippen LogP contribution is -2.38. The van der Waals surface area contributed by atoms with Crippen LogP contribution in [0.5, 0.6) is 0 Å². The molecule has 0 saturated carbocycles. The van der Waals surface area contributed by atoms with E-state index in [9.17, 15) is 9.59 Å². The lowest BCUT2D eigenvalue weighted by Gasteiger charge is -2.21. The standard InChI is InChI=1S/C13H17ClN2O2/c1-9(2)15-13(18)7-16(3)12-6-11(14)5-4-10(12)8-17/h4-6,8-9H,7H2,1-3H3,(H,15,18). The van der Waals surface area contributed by atoms with Crippen molar-refractivity contribution in [3.8, 4) is 0 Å². The fourth-order valence-corrected chi connectivity index (χ4v) is 1.78. The van der Waals surface area contributed by atoms with Gasteiger partial charge in [-0.25, -0.2) is 0 Å². The third-order valence-electron chi connectivity index (χ3n) is 2.36. The molecule has 0 atom stereocenters. The van der Waals surface area contributed by atoms with Gasteiger partial charge in [-0.2, -0.15) is 0 Å². The first-order valence-corrected chi connectivity index (χ1v) is 6.07. The molecule has 0 saturated heterocycles. The number of carbonyl (C=O) groups excluding carboxylic acids is 2. The van der Waals surface area contributed by atoms with Crippen LogP contribution in [0.4, 0.5) is 5.69 Å². The Balaban J connectivity index is 2.83. The highest BCUT2D eigenvalue weighted by Crippen LogP contribution is 2.22. The van der Waals surface area contributed by atoms with E-state index in [1.165, 1.54) is 0 Å². The van der Waals surface area contributed by atoms with Crippen LogP contribution in [0.1, 0.15) is 24.2 Å². The molecule has 0 heterocycles. The van der Waals surface area contributed by atoms with Crippen LogP contribution in [-0.2, 0) is 4.79 Å². The van der Waals surface area contributed by atoms with Gasteiger partial charge in [0.1, 0.15) is 0 Å². The number of benzene rings is 1. The van der Waals surface area contributed by atoms with Gasteiger partial charge in [0.15, 0.2) is 6.29 Å². The first-order chi connectivity index (χ1) is 8.43. The lowest BCUT2D eigenvalue weighted by molar-refractivity contribution is -0.120. The van der Waals surface area contributed by atoms with E-state index in [-0.39, 0.29) is 18.5 Å².